The molecule has 7 heteroatoms. The number of rotatable bonds is 7. The minimum absolute atomic E-state index is 0. The first-order valence-corrected chi connectivity index (χ1v) is 7.09. The second-order valence-electron chi connectivity index (χ2n) is 5.37. The molecule has 1 aromatic rings. The Kier molecular flexibility index (Phi) is 9.37. The van der Waals surface area contributed by atoms with Crippen LogP contribution in [0.15, 0.2) is 24.4 Å². The standard InChI is InChI=1S/C15H24N4O2.ClH/c1-11(2)14(16)15(21)18-10-13(20)19(3)9-7-12-6-4-5-8-17-12;/h4-6,8,11,14H,7,9-10,16H2,1-3H3,(H,18,21);1H/t14-;/m0./s1. The SMILES string of the molecule is CC(C)[C@H](N)C(=O)NCC(=O)N(C)CCc1ccccn1.Cl. The molecule has 1 aromatic heterocycles. The molecule has 0 saturated carbocycles. The van der Waals surface area contributed by atoms with Crippen LogP contribution in [0.3, 0.4) is 0 Å². The normalized spacial score (nSPS) is 11.5. The number of nitrogens with zero attached hydrogens (tertiary/aromatic N) is 2. The molecule has 0 aliphatic heterocycles. The van der Waals surface area contributed by atoms with E-state index in [1.54, 1.807) is 18.1 Å². The maximum atomic E-state index is 11.9. The van der Waals surface area contributed by atoms with Crippen molar-refractivity contribution in [1.29, 1.82) is 0 Å². The van der Waals surface area contributed by atoms with E-state index in [1.165, 1.54) is 0 Å². The zero-order valence-corrected chi connectivity index (χ0v) is 14.1. The largest absolute Gasteiger partial charge is 0.346 e. The molecule has 1 heterocycles. The molecule has 0 spiro atoms. The van der Waals surface area contributed by atoms with E-state index in [2.05, 4.69) is 10.3 Å². The van der Waals surface area contributed by atoms with Crippen molar-refractivity contribution >= 4 is 24.2 Å². The molecule has 0 fully saturated rings. The summed E-state index contributed by atoms with van der Waals surface area (Å²) in [6.07, 6.45) is 2.41. The van der Waals surface area contributed by atoms with E-state index in [-0.39, 0.29) is 36.7 Å². The predicted octanol–water partition coefficient (Wildman–Crippen LogP) is 0.604. The molecule has 0 saturated heterocycles. The summed E-state index contributed by atoms with van der Waals surface area (Å²) in [6.45, 7) is 4.26. The van der Waals surface area contributed by atoms with E-state index >= 15 is 0 Å². The molecule has 6 nitrogen and oxygen atoms in total. The molecule has 2 amide bonds. The van der Waals surface area contributed by atoms with Crippen LogP contribution >= 0.6 is 12.4 Å². The molecule has 0 radical (unpaired) electrons. The van der Waals surface area contributed by atoms with Gasteiger partial charge in [0, 0.05) is 31.9 Å². The third kappa shape index (κ3) is 6.87. The van der Waals surface area contributed by atoms with Crippen molar-refractivity contribution in [3.63, 3.8) is 0 Å². The average Bonchev–Trinajstić information content (AvgIpc) is 2.49. The van der Waals surface area contributed by atoms with Crippen molar-refractivity contribution in [1.82, 2.24) is 15.2 Å². The van der Waals surface area contributed by atoms with E-state index in [1.807, 2.05) is 32.0 Å². The van der Waals surface area contributed by atoms with Gasteiger partial charge in [0.05, 0.1) is 12.6 Å². The second kappa shape index (κ2) is 10.1. The van der Waals surface area contributed by atoms with Gasteiger partial charge >= 0.3 is 0 Å². The van der Waals surface area contributed by atoms with Gasteiger partial charge in [0.2, 0.25) is 11.8 Å². The highest BCUT2D eigenvalue weighted by Gasteiger charge is 2.18. The Bertz CT molecular complexity index is 468. The Labute approximate surface area is 137 Å². The Balaban J connectivity index is 0.00000441. The molecule has 124 valence electrons. The van der Waals surface area contributed by atoms with Gasteiger partial charge in [0.1, 0.15) is 0 Å². The molecule has 22 heavy (non-hydrogen) atoms. The van der Waals surface area contributed by atoms with Gasteiger partial charge in [0.15, 0.2) is 0 Å². The lowest BCUT2D eigenvalue weighted by Crippen LogP contribution is -2.47. The first-order valence-electron chi connectivity index (χ1n) is 7.09. The van der Waals surface area contributed by atoms with Gasteiger partial charge < -0.3 is 16.0 Å². The number of likely N-dealkylation sites (N-methyl/N-ethyl adjacent to an activating group) is 1. The highest BCUT2D eigenvalue weighted by atomic mass is 35.5. The summed E-state index contributed by atoms with van der Waals surface area (Å²) >= 11 is 0. The number of carbonyl (C=O) groups excluding carboxylic acids is 2. The van der Waals surface area contributed by atoms with Crippen molar-refractivity contribution < 1.29 is 9.59 Å². The Morgan fingerprint density at radius 2 is 2.05 bits per heavy atom. The molecule has 0 aromatic carbocycles. The fraction of sp³-hybridized carbons (Fsp3) is 0.533. The van der Waals surface area contributed by atoms with Crippen LogP contribution in [-0.2, 0) is 16.0 Å². The van der Waals surface area contributed by atoms with Crippen LogP contribution in [0.5, 0.6) is 0 Å². The van der Waals surface area contributed by atoms with Crippen LogP contribution in [0.2, 0.25) is 0 Å². The number of halogens is 1. The van der Waals surface area contributed by atoms with Crippen LogP contribution in [0.25, 0.3) is 0 Å². The quantitative estimate of drug-likeness (QED) is 0.767. The highest BCUT2D eigenvalue weighted by molar-refractivity contribution is 5.87. The molecule has 1 rings (SSSR count). The summed E-state index contributed by atoms with van der Waals surface area (Å²) in [5, 5.41) is 2.57. The van der Waals surface area contributed by atoms with Gasteiger partial charge in [-0.1, -0.05) is 19.9 Å². The Morgan fingerprint density at radius 1 is 1.36 bits per heavy atom. The van der Waals surface area contributed by atoms with E-state index in [0.717, 1.165) is 5.69 Å². The maximum absolute atomic E-state index is 11.9. The van der Waals surface area contributed by atoms with Gasteiger partial charge in [-0.2, -0.15) is 0 Å². The third-order valence-electron chi connectivity index (χ3n) is 3.29. The molecule has 1 atom stereocenters. The lowest BCUT2D eigenvalue weighted by atomic mass is 10.1. The summed E-state index contributed by atoms with van der Waals surface area (Å²) in [5.74, 6) is -0.395. The van der Waals surface area contributed by atoms with Crippen molar-refractivity contribution in [3.8, 4) is 0 Å². The second-order valence-corrected chi connectivity index (χ2v) is 5.37. The van der Waals surface area contributed by atoms with Crippen LogP contribution in [0, 0.1) is 5.92 Å². The molecule has 0 unspecified atom stereocenters. The number of amides is 2. The van der Waals surface area contributed by atoms with E-state index in [0.29, 0.717) is 13.0 Å². The molecule has 0 aliphatic carbocycles. The van der Waals surface area contributed by atoms with Crippen LogP contribution in [-0.4, -0.2) is 47.9 Å². The van der Waals surface area contributed by atoms with Crippen molar-refractivity contribution in [2.75, 3.05) is 20.1 Å². The summed E-state index contributed by atoms with van der Waals surface area (Å²) in [5.41, 5.74) is 6.65. The monoisotopic (exact) mass is 328 g/mol. The molecule has 0 aliphatic rings. The molecule has 3 N–H and O–H groups in total. The van der Waals surface area contributed by atoms with Gasteiger partial charge in [0.25, 0.3) is 0 Å². The van der Waals surface area contributed by atoms with E-state index < -0.39 is 6.04 Å². The van der Waals surface area contributed by atoms with Crippen LogP contribution in [0.4, 0.5) is 0 Å². The average molecular weight is 329 g/mol. The van der Waals surface area contributed by atoms with Gasteiger partial charge in [-0.25, -0.2) is 0 Å². The summed E-state index contributed by atoms with van der Waals surface area (Å²) < 4.78 is 0. The summed E-state index contributed by atoms with van der Waals surface area (Å²) in [4.78, 5) is 29.4. The van der Waals surface area contributed by atoms with Gasteiger partial charge in [-0.3, -0.25) is 14.6 Å². The minimum Gasteiger partial charge on any atom is -0.346 e. The van der Waals surface area contributed by atoms with Gasteiger partial charge in [-0.15, -0.1) is 12.4 Å². The fourth-order valence-electron chi connectivity index (χ4n) is 1.67. The zero-order valence-electron chi connectivity index (χ0n) is 13.3. The number of nitrogens with two attached hydrogens (primary N) is 1. The Morgan fingerprint density at radius 3 is 2.59 bits per heavy atom. The molecular weight excluding hydrogens is 304 g/mol. The first-order chi connectivity index (χ1) is 9.91. The Hall–Kier alpha value is -1.66. The van der Waals surface area contributed by atoms with E-state index in [9.17, 15) is 9.59 Å². The minimum atomic E-state index is -0.586. The third-order valence-corrected chi connectivity index (χ3v) is 3.29. The number of hydrogen-bond acceptors (Lipinski definition) is 4. The van der Waals surface area contributed by atoms with E-state index in [4.69, 9.17) is 5.73 Å². The summed E-state index contributed by atoms with van der Waals surface area (Å²) in [6, 6.07) is 5.10. The molecule has 0 bridgehead atoms. The smallest absolute Gasteiger partial charge is 0.241 e. The van der Waals surface area contributed by atoms with Crippen molar-refractivity contribution in [2.45, 2.75) is 26.3 Å². The van der Waals surface area contributed by atoms with Crippen LogP contribution in [0.1, 0.15) is 19.5 Å². The zero-order chi connectivity index (χ0) is 15.8. The maximum Gasteiger partial charge on any atom is 0.241 e. The lowest BCUT2D eigenvalue weighted by Gasteiger charge is -2.19. The number of carbonyl (C=O) groups is 2. The van der Waals surface area contributed by atoms with Gasteiger partial charge in [-0.05, 0) is 18.1 Å². The lowest BCUT2D eigenvalue weighted by molar-refractivity contribution is -0.132. The number of nitrogens with one attached hydrogen (secondary N) is 1. The number of hydrogen-bond donors (Lipinski definition) is 2. The highest BCUT2D eigenvalue weighted by Crippen LogP contribution is 1.98. The topological polar surface area (TPSA) is 88.3 Å². The first kappa shape index (κ1) is 20.3. The molecular formula is C15H25ClN4O2. The fourth-order valence-corrected chi connectivity index (χ4v) is 1.67. The number of pyridine rings is 1. The predicted molar refractivity (Wildman–Crippen MR) is 88.6 cm³/mol. The van der Waals surface area contributed by atoms with Crippen molar-refractivity contribution in [3.05, 3.63) is 30.1 Å². The van der Waals surface area contributed by atoms with Crippen molar-refractivity contribution in [2.24, 2.45) is 11.7 Å². The van der Waals surface area contributed by atoms with Crippen LogP contribution < -0.4 is 11.1 Å². The number of aromatic nitrogens is 1. The summed E-state index contributed by atoms with van der Waals surface area (Å²) in [7, 11) is 1.71.